The molecule has 6 heteroatoms. The first kappa shape index (κ1) is 15.2. The van der Waals surface area contributed by atoms with Gasteiger partial charge in [-0.3, -0.25) is 4.98 Å². The molecule has 0 atom stereocenters. The summed E-state index contributed by atoms with van der Waals surface area (Å²) in [7, 11) is 0. The molecular weight excluding hydrogens is 270 g/mol. The van der Waals surface area contributed by atoms with Crippen LogP contribution in [0.2, 0.25) is 0 Å². The highest BCUT2D eigenvalue weighted by Gasteiger charge is 2.11. The maximum atomic E-state index is 11.6. The molecule has 2 amide bonds. The van der Waals surface area contributed by atoms with E-state index < -0.39 is 5.76 Å². The number of oxazole rings is 1. The van der Waals surface area contributed by atoms with Crippen LogP contribution in [-0.2, 0) is 6.42 Å². The zero-order valence-electron chi connectivity index (χ0n) is 12.6. The Balaban J connectivity index is 1.82. The first-order valence-corrected chi connectivity index (χ1v) is 6.97. The number of benzene rings is 1. The fraction of sp³-hybridized carbons (Fsp3) is 0.467. The largest absolute Gasteiger partial charge is 0.417 e. The Morgan fingerprint density at radius 1 is 1.29 bits per heavy atom. The molecule has 0 bridgehead atoms. The predicted molar refractivity (Wildman–Crippen MR) is 81.4 cm³/mol. The molecule has 2 rings (SSSR count). The molecule has 3 N–H and O–H groups in total. The van der Waals surface area contributed by atoms with E-state index in [9.17, 15) is 9.59 Å². The number of hydrogen-bond acceptors (Lipinski definition) is 3. The first-order chi connectivity index (χ1) is 9.83. The minimum atomic E-state index is -0.457. The number of H-pyrrole nitrogens is 1. The lowest BCUT2D eigenvalue weighted by atomic mass is 9.97. The van der Waals surface area contributed by atoms with E-state index in [1.807, 2.05) is 12.1 Å². The predicted octanol–water partition coefficient (Wildman–Crippen LogP) is 2.01. The Bertz CT molecular complexity index is 679. The summed E-state index contributed by atoms with van der Waals surface area (Å²) in [4.78, 5) is 25.3. The summed E-state index contributed by atoms with van der Waals surface area (Å²) < 4.78 is 5.00. The highest BCUT2D eigenvalue weighted by molar-refractivity contribution is 5.74. The Labute approximate surface area is 122 Å². The van der Waals surface area contributed by atoms with Gasteiger partial charge in [-0.25, -0.2) is 9.59 Å². The molecule has 21 heavy (non-hydrogen) atoms. The van der Waals surface area contributed by atoms with Gasteiger partial charge >= 0.3 is 11.8 Å². The van der Waals surface area contributed by atoms with Crippen LogP contribution < -0.4 is 16.4 Å². The second kappa shape index (κ2) is 6.03. The number of nitrogens with one attached hydrogen (secondary N) is 3. The minimum Gasteiger partial charge on any atom is -0.408 e. The molecule has 1 aromatic carbocycles. The Morgan fingerprint density at radius 2 is 2.05 bits per heavy atom. The standard InChI is InChI=1S/C15H21N3O3/c1-15(2,3)9-17-13(19)16-7-6-10-4-5-11-12(8-10)21-14(20)18-11/h4-5,8H,6-7,9H2,1-3H3,(H,18,20)(H2,16,17,19). The monoisotopic (exact) mass is 291 g/mol. The van der Waals surface area contributed by atoms with E-state index in [0.717, 1.165) is 5.56 Å². The Morgan fingerprint density at radius 3 is 2.76 bits per heavy atom. The number of fused-ring (bicyclic) bond motifs is 1. The quantitative estimate of drug-likeness (QED) is 0.805. The van der Waals surface area contributed by atoms with Crippen molar-refractivity contribution in [3.8, 4) is 0 Å². The van der Waals surface area contributed by atoms with E-state index >= 15 is 0 Å². The third kappa shape index (κ3) is 4.66. The molecule has 114 valence electrons. The lowest BCUT2D eigenvalue weighted by molar-refractivity contribution is 0.235. The average Bonchev–Trinajstić information content (AvgIpc) is 2.75. The number of rotatable bonds is 4. The number of carbonyl (C=O) groups excluding carboxylic acids is 1. The van der Waals surface area contributed by atoms with Crippen LogP contribution >= 0.6 is 0 Å². The van der Waals surface area contributed by atoms with Crippen LogP contribution in [0, 0.1) is 5.41 Å². The van der Waals surface area contributed by atoms with Gasteiger partial charge in [0.15, 0.2) is 5.58 Å². The smallest absolute Gasteiger partial charge is 0.408 e. The summed E-state index contributed by atoms with van der Waals surface area (Å²) in [5, 5.41) is 5.63. The van der Waals surface area contributed by atoms with Crippen molar-refractivity contribution in [3.63, 3.8) is 0 Å². The van der Waals surface area contributed by atoms with Gasteiger partial charge in [0.2, 0.25) is 0 Å². The number of urea groups is 1. The Kier molecular flexibility index (Phi) is 4.35. The zero-order chi connectivity index (χ0) is 15.5. The summed E-state index contributed by atoms with van der Waals surface area (Å²) in [6.45, 7) is 7.34. The van der Waals surface area contributed by atoms with Gasteiger partial charge < -0.3 is 15.1 Å². The van der Waals surface area contributed by atoms with E-state index in [1.165, 1.54) is 0 Å². The number of aromatic amines is 1. The lowest BCUT2D eigenvalue weighted by Crippen LogP contribution is -2.40. The first-order valence-electron chi connectivity index (χ1n) is 6.97. The van der Waals surface area contributed by atoms with Crippen molar-refractivity contribution in [3.05, 3.63) is 34.3 Å². The van der Waals surface area contributed by atoms with Gasteiger partial charge in [0.05, 0.1) is 5.52 Å². The van der Waals surface area contributed by atoms with Crippen LogP contribution in [0.15, 0.2) is 27.4 Å². The van der Waals surface area contributed by atoms with Gasteiger partial charge in [-0.05, 0) is 29.5 Å². The van der Waals surface area contributed by atoms with Crippen LogP contribution in [0.4, 0.5) is 4.79 Å². The molecular formula is C15H21N3O3. The molecule has 0 fully saturated rings. The SMILES string of the molecule is CC(C)(C)CNC(=O)NCCc1ccc2[nH]c(=O)oc2c1. The molecule has 6 nitrogen and oxygen atoms in total. The molecule has 0 aliphatic carbocycles. The summed E-state index contributed by atoms with van der Waals surface area (Å²) in [6, 6.07) is 5.35. The third-order valence-corrected chi connectivity index (χ3v) is 2.96. The summed E-state index contributed by atoms with van der Waals surface area (Å²) in [5.41, 5.74) is 2.28. The van der Waals surface area contributed by atoms with Gasteiger partial charge in [0.1, 0.15) is 0 Å². The average molecular weight is 291 g/mol. The van der Waals surface area contributed by atoms with Crippen LogP contribution in [-0.4, -0.2) is 24.1 Å². The van der Waals surface area contributed by atoms with Crippen molar-refractivity contribution in [2.24, 2.45) is 5.41 Å². The van der Waals surface area contributed by atoms with Crippen molar-refractivity contribution in [2.45, 2.75) is 27.2 Å². The Hall–Kier alpha value is -2.24. The van der Waals surface area contributed by atoms with Gasteiger partial charge in [-0.15, -0.1) is 0 Å². The molecule has 2 aromatic rings. The van der Waals surface area contributed by atoms with Crippen molar-refractivity contribution in [2.75, 3.05) is 13.1 Å². The molecule has 1 heterocycles. The van der Waals surface area contributed by atoms with Gasteiger partial charge in [0.25, 0.3) is 0 Å². The number of aromatic nitrogens is 1. The fourth-order valence-electron chi connectivity index (χ4n) is 1.87. The summed E-state index contributed by atoms with van der Waals surface area (Å²) >= 11 is 0. The normalized spacial score (nSPS) is 11.6. The molecule has 0 spiro atoms. The van der Waals surface area contributed by atoms with E-state index in [4.69, 9.17) is 4.42 Å². The van der Waals surface area contributed by atoms with Gasteiger partial charge in [-0.2, -0.15) is 0 Å². The maximum Gasteiger partial charge on any atom is 0.417 e. The second-order valence-electron chi connectivity index (χ2n) is 6.27. The molecule has 0 saturated heterocycles. The fourth-order valence-corrected chi connectivity index (χ4v) is 1.87. The minimum absolute atomic E-state index is 0.0637. The molecule has 0 aliphatic rings. The van der Waals surface area contributed by atoms with Crippen LogP contribution in [0.1, 0.15) is 26.3 Å². The maximum absolute atomic E-state index is 11.6. The third-order valence-electron chi connectivity index (χ3n) is 2.96. The number of hydrogen-bond donors (Lipinski definition) is 3. The van der Waals surface area contributed by atoms with E-state index in [1.54, 1.807) is 6.07 Å². The zero-order valence-corrected chi connectivity index (χ0v) is 12.6. The second-order valence-corrected chi connectivity index (χ2v) is 6.27. The summed E-state index contributed by atoms with van der Waals surface area (Å²) in [5.74, 6) is -0.457. The van der Waals surface area contributed by atoms with Crippen LogP contribution in [0.3, 0.4) is 0 Å². The van der Waals surface area contributed by atoms with Crippen molar-refractivity contribution < 1.29 is 9.21 Å². The highest BCUT2D eigenvalue weighted by atomic mass is 16.4. The molecule has 0 aliphatic heterocycles. The van der Waals surface area contributed by atoms with Crippen molar-refractivity contribution in [1.82, 2.24) is 15.6 Å². The van der Waals surface area contributed by atoms with Crippen molar-refractivity contribution >= 4 is 17.1 Å². The molecule has 1 aromatic heterocycles. The molecule has 0 radical (unpaired) electrons. The van der Waals surface area contributed by atoms with Gasteiger partial charge in [0, 0.05) is 13.1 Å². The van der Waals surface area contributed by atoms with Gasteiger partial charge in [-0.1, -0.05) is 26.8 Å². The highest BCUT2D eigenvalue weighted by Crippen LogP contribution is 2.12. The number of amides is 2. The molecule has 0 unspecified atom stereocenters. The van der Waals surface area contributed by atoms with E-state index in [-0.39, 0.29) is 11.4 Å². The number of carbonyl (C=O) groups is 1. The summed E-state index contributed by atoms with van der Waals surface area (Å²) in [6.07, 6.45) is 0.674. The lowest BCUT2D eigenvalue weighted by Gasteiger charge is -2.18. The van der Waals surface area contributed by atoms with E-state index in [2.05, 4.69) is 36.4 Å². The van der Waals surface area contributed by atoms with Crippen LogP contribution in [0.5, 0.6) is 0 Å². The van der Waals surface area contributed by atoms with Crippen molar-refractivity contribution in [1.29, 1.82) is 0 Å². The van der Waals surface area contributed by atoms with Crippen LogP contribution in [0.25, 0.3) is 11.1 Å². The molecule has 0 saturated carbocycles. The van der Waals surface area contributed by atoms with E-state index in [0.29, 0.717) is 30.6 Å². The topological polar surface area (TPSA) is 87.1 Å².